The van der Waals surface area contributed by atoms with E-state index >= 15 is 0 Å². The lowest BCUT2D eigenvalue weighted by Gasteiger charge is -2.20. The molecule has 0 aromatic carbocycles. The van der Waals surface area contributed by atoms with Gasteiger partial charge in [-0.15, -0.1) is 0 Å². The van der Waals surface area contributed by atoms with Crippen molar-refractivity contribution in [1.29, 1.82) is 0 Å². The van der Waals surface area contributed by atoms with Crippen LogP contribution in [0.1, 0.15) is 13.3 Å². The number of carbonyl (C=O) groups is 2. The average molecular weight is 235 g/mol. The van der Waals surface area contributed by atoms with Crippen LogP contribution in [0.4, 0.5) is 4.39 Å². The number of alkyl halides is 1. The molecule has 1 saturated heterocycles. The van der Waals surface area contributed by atoms with Crippen LogP contribution in [0.5, 0.6) is 0 Å². The number of hydrogen-bond donors (Lipinski definition) is 1. The first-order valence-electron chi connectivity index (χ1n) is 4.64. The summed E-state index contributed by atoms with van der Waals surface area (Å²) in [7, 11) is 0. The fourth-order valence-corrected chi connectivity index (χ4v) is 1.84. The van der Waals surface area contributed by atoms with Gasteiger partial charge in [-0.1, -0.05) is 0 Å². The maximum Gasteiger partial charge on any atom is 0.343 e. The molecule has 6 heteroatoms. The van der Waals surface area contributed by atoms with Gasteiger partial charge in [0.05, 0.1) is 11.8 Å². The second kappa shape index (κ2) is 4.38. The van der Waals surface area contributed by atoms with E-state index in [-0.39, 0.29) is 30.7 Å². The number of carbonyl (C=O) groups excluding carboxylic acids is 1. The van der Waals surface area contributed by atoms with Gasteiger partial charge in [-0.3, -0.25) is 4.79 Å². The Morgan fingerprint density at radius 2 is 2.20 bits per heavy atom. The Morgan fingerprint density at radius 3 is 2.60 bits per heavy atom. The Balaban J connectivity index is 2.64. The minimum atomic E-state index is -2.26. The predicted molar refractivity (Wildman–Crippen MR) is 55.6 cm³/mol. The zero-order chi connectivity index (χ0) is 11.6. The van der Waals surface area contributed by atoms with E-state index in [0.29, 0.717) is 0 Å². The van der Waals surface area contributed by atoms with E-state index in [1.165, 1.54) is 16.7 Å². The SMILES string of the molecule is CSC(C)C(=O)N1CCC(F)(C(=O)O)C1. The molecule has 1 aliphatic heterocycles. The highest BCUT2D eigenvalue weighted by Gasteiger charge is 2.47. The average Bonchev–Trinajstić information content (AvgIpc) is 2.60. The van der Waals surface area contributed by atoms with Gasteiger partial charge in [0.25, 0.3) is 0 Å². The van der Waals surface area contributed by atoms with Gasteiger partial charge in [0.1, 0.15) is 0 Å². The lowest BCUT2D eigenvalue weighted by molar-refractivity contribution is -0.150. The Kier molecular flexibility index (Phi) is 3.59. The maximum atomic E-state index is 13.6. The van der Waals surface area contributed by atoms with Crippen molar-refractivity contribution in [2.24, 2.45) is 0 Å². The first-order valence-corrected chi connectivity index (χ1v) is 5.93. The van der Waals surface area contributed by atoms with Crippen molar-refractivity contribution in [3.63, 3.8) is 0 Å². The van der Waals surface area contributed by atoms with Crippen LogP contribution >= 0.6 is 11.8 Å². The maximum absolute atomic E-state index is 13.6. The van der Waals surface area contributed by atoms with Crippen molar-refractivity contribution >= 4 is 23.6 Å². The molecule has 86 valence electrons. The van der Waals surface area contributed by atoms with Crippen LogP contribution in [-0.4, -0.2) is 52.1 Å². The van der Waals surface area contributed by atoms with E-state index in [9.17, 15) is 14.0 Å². The summed E-state index contributed by atoms with van der Waals surface area (Å²) in [6, 6.07) is 0. The number of amides is 1. The van der Waals surface area contributed by atoms with Crippen molar-refractivity contribution in [3.05, 3.63) is 0 Å². The smallest absolute Gasteiger partial charge is 0.343 e. The number of aliphatic carboxylic acids is 1. The molecule has 0 saturated carbocycles. The highest BCUT2D eigenvalue weighted by Crippen LogP contribution is 2.27. The van der Waals surface area contributed by atoms with Crippen molar-refractivity contribution < 1.29 is 19.1 Å². The summed E-state index contributed by atoms with van der Waals surface area (Å²) in [6.45, 7) is 1.59. The molecule has 1 amide bonds. The minimum Gasteiger partial charge on any atom is -0.479 e. The van der Waals surface area contributed by atoms with Gasteiger partial charge in [-0.2, -0.15) is 11.8 Å². The van der Waals surface area contributed by atoms with Gasteiger partial charge in [0, 0.05) is 13.0 Å². The Morgan fingerprint density at radius 1 is 1.60 bits per heavy atom. The molecule has 15 heavy (non-hydrogen) atoms. The number of hydrogen-bond acceptors (Lipinski definition) is 3. The second-order valence-corrected chi connectivity index (χ2v) is 4.84. The monoisotopic (exact) mass is 235 g/mol. The molecule has 0 aromatic rings. The highest BCUT2D eigenvalue weighted by atomic mass is 32.2. The molecule has 1 aliphatic rings. The van der Waals surface area contributed by atoms with Crippen LogP contribution in [0.2, 0.25) is 0 Å². The Labute approximate surface area is 91.8 Å². The van der Waals surface area contributed by atoms with E-state index in [1.807, 2.05) is 0 Å². The Hall–Kier alpha value is -0.780. The third kappa shape index (κ3) is 2.42. The fraction of sp³-hybridized carbons (Fsp3) is 0.778. The molecule has 0 aromatic heterocycles. The number of rotatable bonds is 3. The van der Waals surface area contributed by atoms with Crippen LogP contribution in [0, 0.1) is 0 Å². The van der Waals surface area contributed by atoms with Gasteiger partial charge < -0.3 is 10.0 Å². The zero-order valence-corrected chi connectivity index (χ0v) is 9.51. The molecule has 1 heterocycles. The van der Waals surface area contributed by atoms with Gasteiger partial charge in [-0.05, 0) is 13.2 Å². The van der Waals surface area contributed by atoms with Crippen LogP contribution < -0.4 is 0 Å². The first-order chi connectivity index (χ1) is 6.90. The van der Waals surface area contributed by atoms with Gasteiger partial charge >= 0.3 is 5.97 Å². The van der Waals surface area contributed by atoms with E-state index in [2.05, 4.69) is 0 Å². The minimum absolute atomic E-state index is 0.116. The highest BCUT2D eigenvalue weighted by molar-refractivity contribution is 7.99. The second-order valence-electron chi connectivity index (χ2n) is 3.66. The van der Waals surface area contributed by atoms with Crippen LogP contribution in [0.15, 0.2) is 0 Å². The topological polar surface area (TPSA) is 57.6 Å². The number of likely N-dealkylation sites (tertiary alicyclic amines) is 1. The quantitative estimate of drug-likeness (QED) is 0.784. The van der Waals surface area contributed by atoms with Gasteiger partial charge in [0.15, 0.2) is 0 Å². The van der Waals surface area contributed by atoms with E-state index in [0.717, 1.165) is 0 Å². The summed E-state index contributed by atoms with van der Waals surface area (Å²) >= 11 is 1.37. The van der Waals surface area contributed by atoms with Gasteiger partial charge in [0.2, 0.25) is 11.6 Å². The summed E-state index contributed by atoms with van der Waals surface area (Å²) in [6.07, 6.45) is 1.67. The third-order valence-electron chi connectivity index (χ3n) is 2.62. The molecule has 2 atom stereocenters. The molecule has 0 aliphatic carbocycles. The van der Waals surface area contributed by atoms with E-state index in [1.54, 1.807) is 13.2 Å². The molecule has 2 unspecified atom stereocenters. The van der Waals surface area contributed by atoms with Crippen molar-refractivity contribution in [2.75, 3.05) is 19.3 Å². The zero-order valence-electron chi connectivity index (χ0n) is 8.70. The standard InChI is InChI=1S/C9H14FNO3S/c1-6(15-2)7(12)11-4-3-9(10,5-11)8(13)14/h6H,3-5H2,1-2H3,(H,13,14). The molecule has 0 spiro atoms. The molecular weight excluding hydrogens is 221 g/mol. The molecular formula is C9H14FNO3S. The number of nitrogens with zero attached hydrogens (tertiary/aromatic N) is 1. The fourth-order valence-electron chi connectivity index (χ4n) is 1.49. The molecule has 4 nitrogen and oxygen atoms in total. The number of thioether (sulfide) groups is 1. The summed E-state index contributed by atoms with van der Waals surface area (Å²) in [5, 5.41) is 8.40. The molecule has 0 bridgehead atoms. The normalized spacial score (nSPS) is 27.8. The summed E-state index contributed by atoms with van der Waals surface area (Å²) in [5.74, 6) is -1.67. The molecule has 1 fully saturated rings. The van der Waals surface area contributed by atoms with Crippen molar-refractivity contribution in [2.45, 2.75) is 24.3 Å². The van der Waals surface area contributed by atoms with Crippen LogP contribution in [-0.2, 0) is 9.59 Å². The van der Waals surface area contributed by atoms with Gasteiger partial charge in [-0.25, -0.2) is 9.18 Å². The van der Waals surface area contributed by atoms with Crippen molar-refractivity contribution in [3.8, 4) is 0 Å². The van der Waals surface area contributed by atoms with E-state index in [4.69, 9.17) is 5.11 Å². The largest absolute Gasteiger partial charge is 0.479 e. The summed E-state index contributed by atoms with van der Waals surface area (Å²) < 4.78 is 13.6. The summed E-state index contributed by atoms with van der Waals surface area (Å²) in [5.41, 5.74) is -2.26. The van der Waals surface area contributed by atoms with E-state index < -0.39 is 11.6 Å². The van der Waals surface area contributed by atoms with Crippen LogP contribution in [0.3, 0.4) is 0 Å². The lowest BCUT2D eigenvalue weighted by Crippen LogP contribution is -2.41. The summed E-state index contributed by atoms with van der Waals surface area (Å²) in [4.78, 5) is 23.5. The third-order valence-corrected chi connectivity index (χ3v) is 3.52. The number of carboxylic acids is 1. The lowest BCUT2D eigenvalue weighted by atomic mass is 10.1. The Bertz CT molecular complexity index is 287. The predicted octanol–water partition coefficient (Wildman–Crippen LogP) is 0.763. The first kappa shape index (κ1) is 12.3. The number of carboxylic acid groups (broad SMARTS) is 1. The molecule has 1 N–H and O–H groups in total. The molecule has 1 rings (SSSR count). The molecule has 0 radical (unpaired) electrons. The van der Waals surface area contributed by atoms with Crippen molar-refractivity contribution in [1.82, 2.24) is 4.90 Å². The van der Waals surface area contributed by atoms with Crippen LogP contribution in [0.25, 0.3) is 0 Å². The number of halogens is 1.